The van der Waals surface area contributed by atoms with E-state index >= 15 is 0 Å². The number of hydrogen-bond acceptors (Lipinski definition) is 1. The Labute approximate surface area is 125 Å². The molecule has 2 rings (SSSR count). The largest absolute Gasteiger partial charge is 0.312 e. The second-order valence-corrected chi connectivity index (χ2v) is 7.46. The van der Waals surface area contributed by atoms with E-state index in [1.54, 1.807) is 0 Å². The van der Waals surface area contributed by atoms with Crippen LogP contribution in [-0.4, -0.2) is 12.1 Å². The smallest absolute Gasteiger partial charge is 0.00966 e. The summed E-state index contributed by atoms with van der Waals surface area (Å²) in [5.74, 6) is 1.86. The van der Waals surface area contributed by atoms with Gasteiger partial charge in [-0.25, -0.2) is 0 Å². The molecule has 2 unspecified atom stereocenters. The average molecular weight is 273 g/mol. The maximum Gasteiger partial charge on any atom is 0.00966 e. The lowest BCUT2D eigenvalue weighted by molar-refractivity contribution is 0.303. The Morgan fingerprint density at radius 3 is 2.45 bits per heavy atom. The molecule has 1 saturated carbocycles. The van der Waals surface area contributed by atoms with Gasteiger partial charge in [0, 0.05) is 5.54 Å². The van der Waals surface area contributed by atoms with Crippen molar-refractivity contribution < 1.29 is 0 Å². The zero-order valence-electron chi connectivity index (χ0n) is 13.5. The van der Waals surface area contributed by atoms with Crippen LogP contribution in [0.15, 0.2) is 30.3 Å². The molecule has 2 atom stereocenters. The monoisotopic (exact) mass is 273 g/mol. The van der Waals surface area contributed by atoms with Gasteiger partial charge in [-0.05, 0) is 70.4 Å². The Bertz CT molecular complexity index is 377. The van der Waals surface area contributed by atoms with Crippen molar-refractivity contribution in [2.75, 3.05) is 6.54 Å². The first-order valence-electron chi connectivity index (χ1n) is 8.33. The van der Waals surface area contributed by atoms with Crippen molar-refractivity contribution in [2.24, 2.45) is 11.8 Å². The highest BCUT2D eigenvalue weighted by Crippen LogP contribution is 2.35. The Hall–Kier alpha value is -0.820. The van der Waals surface area contributed by atoms with Crippen LogP contribution in [0.1, 0.15) is 58.4 Å². The van der Waals surface area contributed by atoms with Gasteiger partial charge < -0.3 is 5.32 Å². The number of hydrogen-bond donors (Lipinski definition) is 1. The lowest BCUT2D eigenvalue weighted by Gasteiger charge is -2.26. The number of benzene rings is 1. The van der Waals surface area contributed by atoms with Gasteiger partial charge in [-0.2, -0.15) is 0 Å². The highest BCUT2D eigenvalue weighted by Gasteiger charge is 2.27. The minimum Gasteiger partial charge on any atom is -0.312 e. The predicted molar refractivity (Wildman–Crippen MR) is 88.0 cm³/mol. The second kappa shape index (κ2) is 7.26. The van der Waals surface area contributed by atoms with Gasteiger partial charge in [0.2, 0.25) is 0 Å². The van der Waals surface area contributed by atoms with Crippen molar-refractivity contribution in [3.63, 3.8) is 0 Å². The highest BCUT2D eigenvalue weighted by atomic mass is 14.9. The molecule has 0 bridgehead atoms. The van der Waals surface area contributed by atoms with Crippen molar-refractivity contribution in [3.8, 4) is 0 Å². The van der Waals surface area contributed by atoms with E-state index in [0.29, 0.717) is 0 Å². The van der Waals surface area contributed by atoms with Crippen LogP contribution >= 0.6 is 0 Å². The minimum absolute atomic E-state index is 0.261. The normalized spacial score (nSPS) is 23.1. The summed E-state index contributed by atoms with van der Waals surface area (Å²) in [7, 11) is 0. The van der Waals surface area contributed by atoms with E-state index in [0.717, 1.165) is 11.8 Å². The summed E-state index contributed by atoms with van der Waals surface area (Å²) < 4.78 is 0. The maximum atomic E-state index is 3.70. The molecule has 1 aliphatic carbocycles. The van der Waals surface area contributed by atoms with E-state index in [-0.39, 0.29) is 5.54 Å². The predicted octanol–water partition coefficient (Wildman–Crippen LogP) is 4.81. The molecular formula is C19H31N. The van der Waals surface area contributed by atoms with Crippen LogP contribution in [0.3, 0.4) is 0 Å². The quantitative estimate of drug-likeness (QED) is 0.784. The second-order valence-electron chi connectivity index (χ2n) is 7.46. The molecule has 1 aromatic rings. The molecule has 0 heterocycles. The molecule has 0 amide bonds. The number of rotatable bonds is 6. The Morgan fingerprint density at radius 2 is 1.75 bits per heavy atom. The molecule has 0 aliphatic heterocycles. The van der Waals surface area contributed by atoms with Crippen molar-refractivity contribution in [1.29, 1.82) is 0 Å². The summed E-state index contributed by atoms with van der Waals surface area (Å²) in [4.78, 5) is 0. The first kappa shape index (κ1) is 15.6. The molecule has 20 heavy (non-hydrogen) atoms. The Kier molecular flexibility index (Phi) is 5.65. The summed E-state index contributed by atoms with van der Waals surface area (Å²) in [5.41, 5.74) is 1.76. The molecule has 1 aliphatic rings. The zero-order valence-corrected chi connectivity index (χ0v) is 13.5. The van der Waals surface area contributed by atoms with Crippen LogP contribution in [-0.2, 0) is 6.42 Å². The maximum absolute atomic E-state index is 3.70. The minimum atomic E-state index is 0.261. The van der Waals surface area contributed by atoms with Crippen LogP contribution in [0, 0.1) is 11.8 Å². The van der Waals surface area contributed by atoms with E-state index in [2.05, 4.69) is 56.4 Å². The third kappa shape index (κ3) is 5.28. The summed E-state index contributed by atoms with van der Waals surface area (Å²) in [6.45, 7) is 8.02. The lowest BCUT2D eigenvalue weighted by Crippen LogP contribution is -2.39. The van der Waals surface area contributed by atoms with Crippen LogP contribution < -0.4 is 5.32 Å². The summed E-state index contributed by atoms with van der Waals surface area (Å²) in [6.07, 6.45) is 8.32. The third-order valence-corrected chi connectivity index (χ3v) is 4.59. The van der Waals surface area contributed by atoms with Crippen molar-refractivity contribution >= 4 is 0 Å². The molecule has 112 valence electrons. The van der Waals surface area contributed by atoms with Gasteiger partial charge >= 0.3 is 0 Å². The van der Waals surface area contributed by atoms with Crippen LogP contribution in [0.4, 0.5) is 0 Å². The van der Waals surface area contributed by atoms with Crippen LogP contribution in [0.5, 0.6) is 0 Å². The third-order valence-electron chi connectivity index (χ3n) is 4.59. The molecule has 1 fully saturated rings. The van der Waals surface area contributed by atoms with Gasteiger partial charge in [-0.1, -0.05) is 43.2 Å². The Balaban J connectivity index is 1.71. The van der Waals surface area contributed by atoms with Crippen LogP contribution in [0.2, 0.25) is 0 Å². The van der Waals surface area contributed by atoms with Gasteiger partial charge in [-0.15, -0.1) is 0 Å². The van der Waals surface area contributed by atoms with E-state index in [1.807, 2.05) is 0 Å². The molecular weight excluding hydrogens is 242 g/mol. The SMILES string of the molecule is CC(C)(C)NCC1CCCC1CCCc1ccccc1. The van der Waals surface area contributed by atoms with E-state index < -0.39 is 0 Å². The number of aryl methyl sites for hydroxylation is 1. The van der Waals surface area contributed by atoms with Gasteiger partial charge in [0.15, 0.2) is 0 Å². The average Bonchev–Trinajstić information content (AvgIpc) is 2.84. The molecule has 0 saturated heterocycles. The van der Waals surface area contributed by atoms with E-state index in [9.17, 15) is 0 Å². The zero-order chi connectivity index (χ0) is 14.4. The molecule has 1 heteroatoms. The first-order valence-corrected chi connectivity index (χ1v) is 8.33. The van der Waals surface area contributed by atoms with Gasteiger partial charge in [0.1, 0.15) is 0 Å². The summed E-state index contributed by atoms with van der Waals surface area (Å²) in [6, 6.07) is 10.9. The molecule has 0 radical (unpaired) electrons. The fraction of sp³-hybridized carbons (Fsp3) is 0.684. The van der Waals surface area contributed by atoms with Crippen molar-refractivity contribution in [1.82, 2.24) is 5.32 Å². The molecule has 1 N–H and O–H groups in total. The highest BCUT2D eigenvalue weighted by molar-refractivity contribution is 5.14. The first-order chi connectivity index (χ1) is 9.54. The Morgan fingerprint density at radius 1 is 1.05 bits per heavy atom. The summed E-state index contributed by atoms with van der Waals surface area (Å²) in [5, 5.41) is 3.70. The van der Waals surface area contributed by atoms with Gasteiger partial charge in [0.05, 0.1) is 0 Å². The van der Waals surface area contributed by atoms with Gasteiger partial charge in [-0.3, -0.25) is 0 Å². The van der Waals surface area contributed by atoms with Crippen LogP contribution in [0.25, 0.3) is 0 Å². The standard InChI is InChI=1S/C19H31N/c1-19(2,3)20-15-18-14-8-13-17(18)12-7-11-16-9-5-4-6-10-16/h4-6,9-10,17-18,20H,7-8,11-15H2,1-3H3. The molecule has 1 nitrogen and oxygen atoms in total. The van der Waals surface area contributed by atoms with Crippen molar-refractivity contribution in [2.45, 2.75) is 64.8 Å². The fourth-order valence-electron chi connectivity index (χ4n) is 3.41. The molecule has 0 spiro atoms. The summed E-state index contributed by atoms with van der Waals surface area (Å²) >= 11 is 0. The van der Waals surface area contributed by atoms with E-state index in [1.165, 1.54) is 50.6 Å². The fourth-order valence-corrected chi connectivity index (χ4v) is 3.41. The van der Waals surface area contributed by atoms with Gasteiger partial charge in [0.25, 0.3) is 0 Å². The van der Waals surface area contributed by atoms with E-state index in [4.69, 9.17) is 0 Å². The van der Waals surface area contributed by atoms with Crippen molar-refractivity contribution in [3.05, 3.63) is 35.9 Å². The molecule has 1 aromatic carbocycles. The topological polar surface area (TPSA) is 12.0 Å². The molecule has 0 aromatic heterocycles. The number of nitrogens with one attached hydrogen (secondary N) is 1. The lowest BCUT2D eigenvalue weighted by atomic mass is 9.89.